The predicted octanol–water partition coefficient (Wildman–Crippen LogP) is 7.69. The zero-order valence-corrected chi connectivity index (χ0v) is 17.4. The van der Waals surface area contributed by atoms with Crippen molar-refractivity contribution in [2.45, 2.75) is 0 Å². The van der Waals surface area contributed by atoms with Gasteiger partial charge in [-0.05, 0) is 92.0 Å². The molecule has 0 aromatic carbocycles. The molecule has 2 heteroatoms. The maximum atomic E-state index is 4.24. The van der Waals surface area contributed by atoms with Crippen LogP contribution in [0.3, 0.4) is 0 Å². The fourth-order valence-electron chi connectivity index (χ4n) is 4.63. The van der Waals surface area contributed by atoms with E-state index in [0.29, 0.717) is 0 Å². The van der Waals surface area contributed by atoms with Gasteiger partial charge in [-0.2, -0.15) is 0 Å². The van der Waals surface area contributed by atoms with Gasteiger partial charge in [0.05, 0.1) is 0 Å². The van der Waals surface area contributed by atoms with Crippen LogP contribution in [0.25, 0.3) is 55.6 Å². The molecule has 0 aliphatic heterocycles. The highest BCUT2D eigenvalue weighted by Crippen LogP contribution is 2.52. The van der Waals surface area contributed by atoms with Crippen molar-refractivity contribution < 1.29 is 0 Å². The maximum Gasteiger partial charge on any atom is 0.0273 e. The lowest BCUT2D eigenvalue weighted by molar-refractivity contribution is 1.33. The van der Waals surface area contributed by atoms with Crippen LogP contribution in [-0.2, 0) is 0 Å². The maximum absolute atomic E-state index is 4.24. The normalized spacial score (nSPS) is 11.1. The summed E-state index contributed by atoms with van der Waals surface area (Å²) < 4.78 is 0. The molecular weight excluding hydrogens is 388 g/mol. The first-order valence-electron chi connectivity index (χ1n) is 10.7. The van der Waals surface area contributed by atoms with Crippen molar-refractivity contribution in [2.75, 3.05) is 0 Å². The minimum absolute atomic E-state index is 1.17. The summed E-state index contributed by atoms with van der Waals surface area (Å²) in [5.74, 6) is 0. The zero-order chi connectivity index (χ0) is 21.3. The van der Waals surface area contributed by atoms with E-state index in [1.54, 1.807) is 0 Å². The SMILES string of the molecule is c1ccc2cc(-c3ccncc3)c(-c3c4cccccc-4cc3-c3ccncc3)c-2cc1. The van der Waals surface area contributed by atoms with Crippen LogP contribution >= 0.6 is 0 Å². The predicted molar refractivity (Wildman–Crippen MR) is 132 cm³/mol. The Morgan fingerprint density at radius 2 is 0.750 bits per heavy atom. The quantitative estimate of drug-likeness (QED) is 0.300. The molecule has 0 amide bonds. The molecule has 2 aromatic heterocycles. The summed E-state index contributed by atoms with van der Waals surface area (Å²) in [7, 11) is 0. The highest BCUT2D eigenvalue weighted by Gasteiger charge is 2.25. The lowest BCUT2D eigenvalue weighted by Gasteiger charge is -2.12. The first-order chi connectivity index (χ1) is 15.9. The molecule has 6 rings (SSSR count). The molecule has 2 aromatic rings. The highest BCUT2D eigenvalue weighted by atomic mass is 14.6. The van der Waals surface area contributed by atoms with Gasteiger partial charge in [-0.1, -0.05) is 60.7 Å². The fraction of sp³-hybridized carbons (Fsp3) is 0. The van der Waals surface area contributed by atoms with Gasteiger partial charge in [0.15, 0.2) is 0 Å². The molecule has 0 bridgehead atoms. The third kappa shape index (κ3) is 3.05. The Hall–Kier alpha value is -4.30. The molecule has 32 heavy (non-hydrogen) atoms. The van der Waals surface area contributed by atoms with Crippen molar-refractivity contribution >= 4 is 0 Å². The summed E-state index contributed by atoms with van der Waals surface area (Å²) in [4.78, 5) is 8.49. The van der Waals surface area contributed by atoms with Gasteiger partial charge in [-0.25, -0.2) is 0 Å². The Labute approximate surface area is 187 Å². The van der Waals surface area contributed by atoms with Gasteiger partial charge in [0, 0.05) is 24.8 Å². The second kappa shape index (κ2) is 7.75. The number of nitrogens with zero attached hydrogens (tertiary/aromatic N) is 2. The molecule has 0 N–H and O–H groups in total. The fourth-order valence-corrected chi connectivity index (χ4v) is 4.63. The first-order valence-corrected chi connectivity index (χ1v) is 10.7. The number of hydrogen-bond donors (Lipinski definition) is 0. The number of hydrogen-bond acceptors (Lipinski definition) is 2. The molecule has 0 spiro atoms. The highest BCUT2D eigenvalue weighted by molar-refractivity contribution is 6.09. The molecule has 0 unspecified atom stereocenters. The summed E-state index contributed by atoms with van der Waals surface area (Å²) in [6.07, 6.45) is 7.46. The van der Waals surface area contributed by atoms with Crippen LogP contribution in [0.5, 0.6) is 0 Å². The van der Waals surface area contributed by atoms with Crippen molar-refractivity contribution in [1.29, 1.82) is 0 Å². The topological polar surface area (TPSA) is 25.8 Å². The van der Waals surface area contributed by atoms with Crippen LogP contribution in [0.1, 0.15) is 0 Å². The molecular formula is C30H20N2. The lowest BCUT2D eigenvalue weighted by Crippen LogP contribution is -1.86. The smallest absolute Gasteiger partial charge is 0.0273 e. The minimum atomic E-state index is 1.17. The van der Waals surface area contributed by atoms with Crippen LogP contribution in [0, 0.1) is 0 Å². The van der Waals surface area contributed by atoms with E-state index in [1.165, 1.54) is 55.6 Å². The van der Waals surface area contributed by atoms with Crippen molar-refractivity contribution in [3.63, 3.8) is 0 Å². The summed E-state index contributed by atoms with van der Waals surface area (Å²) in [6.45, 7) is 0. The molecule has 150 valence electrons. The second-order valence-electron chi connectivity index (χ2n) is 7.90. The zero-order valence-electron chi connectivity index (χ0n) is 17.4. The lowest BCUT2D eigenvalue weighted by atomic mass is 9.91. The summed E-state index contributed by atoms with van der Waals surface area (Å²) in [5, 5.41) is 0. The van der Waals surface area contributed by atoms with Crippen molar-refractivity contribution in [1.82, 2.24) is 9.97 Å². The van der Waals surface area contributed by atoms with Gasteiger partial charge in [-0.3, -0.25) is 9.97 Å². The molecule has 4 aliphatic carbocycles. The van der Waals surface area contributed by atoms with Crippen LogP contribution in [0.2, 0.25) is 0 Å². The van der Waals surface area contributed by atoms with E-state index >= 15 is 0 Å². The summed E-state index contributed by atoms with van der Waals surface area (Å²) in [5.41, 5.74) is 12.3. The van der Waals surface area contributed by atoms with E-state index in [9.17, 15) is 0 Å². The Balaban J connectivity index is 1.76. The molecule has 0 fully saturated rings. The van der Waals surface area contributed by atoms with Crippen molar-refractivity contribution in [2.24, 2.45) is 0 Å². The molecule has 0 saturated carbocycles. The van der Waals surface area contributed by atoms with Crippen LogP contribution in [0.4, 0.5) is 0 Å². The molecule has 2 nitrogen and oxygen atoms in total. The van der Waals surface area contributed by atoms with Gasteiger partial charge in [0.1, 0.15) is 0 Å². The standard InChI is InChI=1S/C30H20N2/c1-3-7-23-19-27(21-11-15-31-16-12-21)29(25(23)9-5-1)30-26-10-6-2-4-8-24(26)20-28(30)22-13-17-32-18-14-22/h1-20H. The van der Waals surface area contributed by atoms with Gasteiger partial charge >= 0.3 is 0 Å². The number of pyridine rings is 2. The van der Waals surface area contributed by atoms with Gasteiger partial charge < -0.3 is 0 Å². The van der Waals surface area contributed by atoms with Crippen LogP contribution < -0.4 is 0 Å². The number of rotatable bonds is 3. The van der Waals surface area contributed by atoms with Crippen molar-refractivity contribution in [3.8, 4) is 55.6 Å². The van der Waals surface area contributed by atoms with E-state index in [1.807, 2.05) is 24.8 Å². The minimum Gasteiger partial charge on any atom is -0.265 e. The third-order valence-corrected chi connectivity index (χ3v) is 6.05. The Morgan fingerprint density at radius 3 is 1.19 bits per heavy atom. The van der Waals surface area contributed by atoms with Gasteiger partial charge in [0.25, 0.3) is 0 Å². The average molecular weight is 409 g/mol. The summed E-state index contributed by atoms with van der Waals surface area (Å²) >= 11 is 0. The van der Waals surface area contributed by atoms with E-state index in [2.05, 4.69) is 107 Å². The monoisotopic (exact) mass is 408 g/mol. The van der Waals surface area contributed by atoms with Crippen LogP contribution in [0.15, 0.2) is 122 Å². The molecule has 0 radical (unpaired) electrons. The Kier molecular flexibility index (Phi) is 4.47. The first kappa shape index (κ1) is 18.5. The van der Waals surface area contributed by atoms with Gasteiger partial charge in [0.2, 0.25) is 0 Å². The number of fused-ring (bicyclic) bond motifs is 2. The molecule has 0 atom stereocenters. The Morgan fingerprint density at radius 1 is 0.344 bits per heavy atom. The largest absolute Gasteiger partial charge is 0.265 e. The van der Waals surface area contributed by atoms with Crippen molar-refractivity contribution in [3.05, 3.63) is 122 Å². The summed E-state index contributed by atoms with van der Waals surface area (Å²) in [6, 6.07) is 34.5. The molecule has 2 heterocycles. The van der Waals surface area contributed by atoms with E-state index in [4.69, 9.17) is 0 Å². The average Bonchev–Trinajstić information content (AvgIpc) is 3.15. The third-order valence-electron chi connectivity index (χ3n) is 6.05. The Bertz CT molecular complexity index is 1340. The van der Waals surface area contributed by atoms with Gasteiger partial charge in [-0.15, -0.1) is 0 Å². The number of aromatic nitrogens is 2. The second-order valence-corrected chi connectivity index (χ2v) is 7.90. The molecule has 0 saturated heterocycles. The molecule has 4 aliphatic rings. The van der Waals surface area contributed by atoms with Crippen LogP contribution in [-0.4, -0.2) is 9.97 Å². The van der Waals surface area contributed by atoms with E-state index in [-0.39, 0.29) is 0 Å². The van der Waals surface area contributed by atoms with E-state index < -0.39 is 0 Å². The van der Waals surface area contributed by atoms with E-state index in [0.717, 1.165) is 0 Å².